The Hall–Kier alpha value is -2.85. The zero-order chi connectivity index (χ0) is 20.3. The Bertz CT molecular complexity index is 986. The van der Waals surface area contributed by atoms with Crippen LogP contribution in [0, 0.1) is 17.0 Å². The first-order chi connectivity index (χ1) is 13.3. The fraction of sp³-hybridized carbons (Fsp3) is 0.333. The molecule has 3 rings (SSSR count). The molecule has 0 spiro atoms. The molecule has 1 aromatic heterocycles. The summed E-state index contributed by atoms with van der Waals surface area (Å²) in [7, 11) is -3.78. The molecule has 1 amide bonds. The van der Waals surface area contributed by atoms with Gasteiger partial charge in [0.15, 0.2) is 0 Å². The Morgan fingerprint density at radius 2 is 1.89 bits per heavy atom. The molecule has 1 saturated heterocycles. The molecule has 0 saturated carbocycles. The number of carbonyl (C=O) groups excluding carboxylic acids is 1. The molecule has 1 aliphatic heterocycles. The topological polar surface area (TPSA) is 114 Å². The van der Waals surface area contributed by atoms with Crippen LogP contribution >= 0.6 is 0 Å². The molecule has 0 unspecified atom stereocenters. The molecule has 0 bridgehead atoms. The highest BCUT2D eigenvalue weighted by Crippen LogP contribution is 2.25. The molecule has 0 atom stereocenters. The van der Waals surface area contributed by atoms with Gasteiger partial charge in [0.25, 0.3) is 5.69 Å². The molecule has 0 radical (unpaired) electrons. The molecule has 0 aliphatic carbocycles. The van der Waals surface area contributed by atoms with Crippen LogP contribution in [0.3, 0.4) is 0 Å². The van der Waals surface area contributed by atoms with Crippen LogP contribution in [-0.2, 0) is 21.2 Å². The van der Waals surface area contributed by atoms with Gasteiger partial charge in [-0.05, 0) is 30.7 Å². The number of aryl methyl sites for hydroxylation is 1. The minimum atomic E-state index is -3.78. The number of piperazine rings is 1. The Morgan fingerprint density at radius 3 is 2.46 bits per heavy atom. The average molecular weight is 404 g/mol. The van der Waals surface area contributed by atoms with E-state index in [0.717, 1.165) is 0 Å². The van der Waals surface area contributed by atoms with Crippen molar-refractivity contribution in [1.29, 1.82) is 0 Å². The number of non-ortho nitro benzene ring substituents is 1. The quantitative estimate of drug-likeness (QED) is 0.549. The fourth-order valence-electron chi connectivity index (χ4n) is 3.12. The SMILES string of the molecule is Cc1cc([N+](=O)[O-])ccc1S(=O)(=O)N1CCN(C(=O)Cc2ccccn2)CC1. The summed E-state index contributed by atoms with van der Waals surface area (Å²) in [5.41, 5.74) is 0.841. The third-order valence-corrected chi connectivity index (χ3v) is 6.70. The van der Waals surface area contributed by atoms with Crippen LogP contribution in [0.5, 0.6) is 0 Å². The lowest BCUT2D eigenvalue weighted by Gasteiger charge is -2.34. The van der Waals surface area contributed by atoms with Crippen molar-refractivity contribution in [2.75, 3.05) is 26.2 Å². The second kappa shape index (κ2) is 8.03. The van der Waals surface area contributed by atoms with Crippen molar-refractivity contribution < 1.29 is 18.1 Å². The number of benzene rings is 1. The highest BCUT2D eigenvalue weighted by molar-refractivity contribution is 7.89. The lowest BCUT2D eigenvalue weighted by Crippen LogP contribution is -2.51. The van der Waals surface area contributed by atoms with Gasteiger partial charge >= 0.3 is 0 Å². The average Bonchev–Trinajstić information content (AvgIpc) is 2.68. The van der Waals surface area contributed by atoms with Gasteiger partial charge in [-0.3, -0.25) is 19.9 Å². The first kappa shape index (κ1) is 19.9. The minimum absolute atomic E-state index is 0.0476. The summed E-state index contributed by atoms with van der Waals surface area (Å²) in [5.74, 6) is -0.0951. The summed E-state index contributed by atoms with van der Waals surface area (Å²) in [4.78, 5) is 28.5. The number of nitro groups is 1. The standard InChI is InChI=1S/C18H20N4O5S/c1-14-12-16(22(24)25)5-6-17(14)28(26,27)21-10-8-20(9-11-21)18(23)13-15-4-2-3-7-19-15/h2-7,12H,8-11,13H2,1H3. The highest BCUT2D eigenvalue weighted by Gasteiger charge is 2.31. The van der Waals surface area contributed by atoms with Crippen LogP contribution in [0.1, 0.15) is 11.3 Å². The third-order valence-electron chi connectivity index (χ3n) is 4.64. The first-order valence-electron chi connectivity index (χ1n) is 8.72. The number of aromatic nitrogens is 1. The van der Waals surface area contributed by atoms with E-state index in [1.165, 1.54) is 29.4 Å². The van der Waals surface area contributed by atoms with Crippen molar-refractivity contribution in [2.45, 2.75) is 18.2 Å². The predicted molar refractivity (Wildman–Crippen MR) is 101 cm³/mol. The minimum Gasteiger partial charge on any atom is -0.340 e. The number of hydrogen-bond donors (Lipinski definition) is 0. The van der Waals surface area contributed by atoms with E-state index in [0.29, 0.717) is 11.3 Å². The Morgan fingerprint density at radius 1 is 1.18 bits per heavy atom. The van der Waals surface area contributed by atoms with Gasteiger partial charge in [-0.2, -0.15) is 4.31 Å². The number of rotatable bonds is 5. The van der Waals surface area contributed by atoms with E-state index in [2.05, 4.69) is 4.98 Å². The third kappa shape index (κ3) is 4.18. The number of pyridine rings is 1. The predicted octanol–water partition coefficient (Wildman–Crippen LogP) is 1.37. The van der Waals surface area contributed by atoms with E-state index in [4.69, 9.17) is 0 Å². The smallest absolute Gasteiger partial charge is 0.269 e. The number of nitrogens with zero attached hydrogens (tertiary/aromatic N) is 4. The van der Waals surface area contributed by atoms with Gasteiger partial charge in [0.2, 0.25) is 15.9 Å². The maximum absolute atomic E-state index is 12.9. The fourth-order valence-corrected chi connectivity index (χ4v) is 4.75. The van der Waals surface area contributed by atoms with E-state index in [9.17, 15) is 23.3 Å². The summed E-state index contributed by atoms with van der Waals surface area (Å²) in [6.07, 6.45) is 1.80. The number of nitro benzene ring substituents is 1. The molecule has 2 aromatic rings. The maximum atomic E-state index is 12.9. The Kier molecular flexibility index (Phi) is 5.71. The monoisotopic (exact) mass is 404 g/mol. The molecule has 1 aromatic carbocycles. The van der Waals surface area contributed by atoms with Gasteiger partial charge in [-0.15, -0.1) is 0 Å². The molecule has 2 heterocycles. The second-order valence-electron chi connectivity index (χ2n) is 6.49. The lowest BCUT2D eigenvalue weighted by atomic mass is 10.2. The lowest BCUT2D eigenvalue weighted by molar-refractivity contribution is -0.385. The van der Waals surface area contributed by atoms with Gasteiger partial charge in [-0.25, -0.2) is 8.42 Å². The molecule has 0 N–H and O–H groups in total. The van der Waals surface area contributed by atoms with E-state index < -0.39 is 14.9 Å². The molecule has 9 nitrogen and oxygen atoms in total. The van der Waals surface area contributed by atoms with Gasteiger partial charge in [0.05, 0.1) is 16.2 Å². The summed E-state index contributed by atoms with van der Waals surface area (Å²) < 4.78 is 27.1. The van der Waals surface area contributed by atoms with E-state index in [1.54, 1.807) is 23.2 Å². The molecule has 1 aliphatic rings. The Balaban J connectivity index is 1.67. The maximum Gasteiger partial charge on any atom is 0.269 e. The normalized spacial score (nSPS) is 15.4. The first-order valence-corrected chi connectivity index (χ1v) is 10.2. The molecule has 148 valence electrons. The van der Waals surface area contributed by atoms with E-state index in [-0.39, 0.29) is 49.1 Å². The Labute approximate surface area is 162 Å². The highest BCUT2D eigenvalue weighted by atomic mass is 32.2. The van der Waals surface area contributed by atoms with Gasteiger partial charge in [-0.1, -0.05) is 6.07 Å². The van der Waals surface area contributed by atoms with Crippen LogP contribution in [-0.4, -0.2) is 59.6 Å². The molecule has 1 fully saturated rings. The summed E-state index contributed by atoms with van der Waals surface area (Å²) in [6.45, 7) is 2.46. The van der Waals surface area contributed by atoms with Crippen molar-refractivity contribution in [2.24, 2.45) is 0 Å². The zero-order valence-corrected chi connectivity index (χ0v) is 16.1. The summed E-state index contributed by atoms with van der Waals surface area (Å²) in [6, 6.07) is 9.06. The molecule has 28 heavy (non-hydrogen) atoms. The van der Waals surface area contributed by atoms with Crippen LogP contribution in [0.4, 0.5) is 5.69 Å². The number of carbonyl (C=O) groups is 1. The number of hydrogen-bond acceptors (Lipinski definition) is 6. The molecule has 10 heteroatoms. The molecular weight excluding hydrogens is 384 g/mol. The van der Waals surface area contributed by atoms with Crippen LogP contribution in [0.15, 0.2) is 47.5 Å². The number of sulfonamides is 1. The second-order valence-corrected chi connectivity index (χ2v) is 8.40. The zero-order valence-electron chi connectivity index (χ0n) is 15.3. The van der Waals surface area contributed by atoms with Crippen molar-refractivity contribution in [1.82, 2.24) is 14.2 Å². The van der Waals surface area contributed by atoms with Gasteiger partial charge in [0, 0.05) is 50.2 Å². The van der Waals surface area contributed by atoms with Crippen molar-refractivity contribution >= 4 is 21.6 Å². The van der Waals surface area contributed by atoms with Crippen LogP contribution in [0.2, 0.25) is 0 Å². The summed E-state index contributed by atoms with van der Waals surface area (Å²) in [5, 5.41) is 10.9. The van der Waals surface area contributed by atoms with Crippen molar-refractivity contribution in [3.8, 4) is 0 Å². The van der Waals surface area contributed by atoms with E-state index >= 15 is 0 Å². The van der Waals surface area contributed by atoms with Gasteiger partial charge < -0.3 is 4.90 Å². The van der Waals surface area contributed by atoms with Crippen molar-refractivity contribution in [3.63, 3.8) is 0 Å². The van der Waals surface area contributed by atoms with E-state index in [1.807, 2.05) is 6.07 Å². The molecular formula is C18H20N4O5S. The summed E-state index contributed by atoms with van der Waals surface area (Å²) >= 11 is 0. The number of amides is 1. The van der Waals surface area contributed by atoms with Crippen LogP contribution < -0.4 is 0 Å². The van der Waals surface area contributed by atoms with Crippen LogP contribution in [0.25, 0.3) is 0 Å². The van der Waals surface area contributed by atoms with Gasteiger partial charge in [0.1, 0.15) is 0 Å². The van der Waals surface area contributed by atoms with Crippen molar-refractivity contribution in [3.05, 3.63) is 64.0 Å². The largest absolute Gasteiger partial charge is 0.340 e.